The van der Waals surface area contributed by atoms with Gasteiger partial charge in [-0.15, -0.1) is 0 Å². The van der Waals surface area contributed by atoms with Crippen LogP contribution in [0.1, 0.15) is 18.5 Å². The maximum Gasteiger partial charge on any atom is 0.404 e. The molecule has 1 aromatic heterocycles. The molecule has 0 unspecified atom stereocenters. The molecule has 1 rings (SSSR count). The summed E-state index contributed by atoms with van der Waals surface area (Å²) in [4.78, 5) is 14.5. The summed E-state index contributed by atoms with van der Waals surface area (Å²) in [5.41, 5.74) is 5.73. The number of unbranched alkanes of at least 4 members (excludes halogenated alkanes) is 1. The van der Waals surface area contributed by atoms with Crippen LogP contribution in [0.25, 0.3) is 0 Å². The molecule has 3 N–H and O–H groups in total. The van der Waals surface area contributed by atoms with Gasteiger partial charge in [-0.05, 0) is 31.5 Å². The lowest BCUT2D eigenvalue weighted by atomic mass is 10.3. The van der Waals surface area contributed by atoms with Gasteiger partial charge >= 0.3 is 6.09 Å². The molecule has 6 nitrogen and oxygen atoms in total. The molecule has 0 aliphatic heterocycles. The number of methoxy groups -OCH3 is 1. The second-order valence-electron chi connectivity index (χ2n) is 3.70. The Morgan fingerprint density at radius 2 is 2.33 bits per heavy atom. The van der Waals surface area contributed by atoms with E-state index in [4.69, 9.17) is 10.5 Å². The highest BCUT2D eigenvalue weighted by Crippen LogP contribution is 2.13. The van der Waals surface area contributed by atoms with Crippen molar-refractivity contribution in [2.45, 2.75) is 19.4 Å². The minimum atomic E-state index is -0.721. The lowest BCUT2D eigenvalue weighted by Crippen LogP contribution is -2.18. The summed E-state index contributed by atoms with van der Waals surface area (Å²) in [6, 6.07) is 3.72. The van der Waals surface area contributed by atoms with E-state index >= 15 is 0 Å². The van der Waals surface area contributed by atoms with Crippen molar-refractivity contribution in [2.75, 3.05) is 20.3 Å². The Balaban J connectivity index is 2.12. The van der Waals surface area contributed by atoms with Crippen LogP contribution in [0.4, 0.5) is 4.79 Å². The van der Waals surface area contributed by atoms with E-state index in [1.54, 1.807) is 13.3 Å². The van der Waals surface area contributed by atoms with Gasteiger partial charge in [0.15, 0.2) is 0 Å². The van der Waals surface area contributed by atoms with E-state index in [0.29, 0.717) is 13.2 Å². The molecule has 0 saturated carbocycles. The second-order valence-corrected chi connectivity index (χ2v) is 3.70. The van der Waals surface area contributed by atoms with Crippen LogP contribution in [-0.4, -0.2) is 31.3 Å². The molecule has 0 aromatic carbocycles. The Morgan fingerprint density at radius 1 is 1.50 bits per heavy atom. The average Bonchev–Trinajstić information content (AvgIpc) is 2.37. The number of carbonyl (C=O) groups excluding carboxylic acids is 1. The van der Waals surface area contributed by atoms with Crippen LogP contribution in [-0.2, 0) is 11.3 Å². The number of hydrogen-bond acceptors (Lipinski definition) is 5. The number of carbonyl (C=O) groups is 1. The topological polar surface area (TPSA) is 86.5 Å². The zero-order valence-corrected chi connectivity index (χ0v) is 10.5. The molecule has 0 bridgehead atoms. The molecular weight excluding hydrogens is 234 g/mol. The zero-order valence-electron chi connectivity index (χ0n) is 10.5. The van der Waals surface area contributed by atoms with Crippen molar-refractivity contribution in [1.29, 1.82) is 0 Å². The largest absolute Gasteiger partial charge is 0.495 e. The standard InChI is InChI=1S/C12H19N3O3/c1-17-11-5-4-7-15-10(11)9-14-6-2-3-8-18-12(13)16/h4-5,7,14H,2-3,6,8-9H2,1H3,(H2,13,16). The van der Waals surface area contributed by atoms with Gasteiger partial charge in [0.1, 0.15) is 5.75 Å². The van der Waals surface area contributed by atoms with E-state index in [9.17, 15) is 4.79 Å². The monoisotopic (exact) mass is 253 g/mol. The number of aromatic nitrogens is 1. The number of primary amides is 1. The van der Waals surface area contributed by atoms with Gasteiger partial charge in [-0.1, -0.05) is 0 Å². The number of hydrogen-bond donors (Lipinski definition) is 2. The van der Waals surface area contributed by atoms with Crippen molar-refractivity contribution in [2.24, 2.45) is 5.73 Å². The maximum atomic E-state index is 10.3. The van der Waals surface area contributed by atoms with Crippen LogP contribution in [0.2, 0.25) is 0 Å². The molecule has 0 fully saturated rings. The third-order valence-corrected chi connectivity index (χ3v) is 2.35. The van der Waals surface area contributed by atoms with E-state index in [-0.39, 0.29) is 0 Å². The Morgan fingerprint density at radius 3 is 3.06 bits per heavy atom. The Kier molecular flexibility index (Phi) is 6.56. The SMILES string of the molecule is COc1cccnc1CNCCCCOC(N)=O. The molecule has 6 heteroatoms. The Labute approximate surface area is 106 Å². The first-order valence-corrected chi connectivity index (χ1v) is 5.85. The molecule has 0 radical (unpaired) electrons. The summed E-state index contributed by atoms with van der Waals surface area (Å²) in [6.07, 6.45) is 2.71. The number of nitrogens with zero attached hydrogens (tertiary/aromatic N) is 1. The van der Waals surface area contributed by atoms with Crippen LogP contribution in [0.15, 0.2) is 18.3 Å². The highest BCUT2D eigenvalue weighted by atomic mass is 16.5. The first-order valence-electron chi connectivity index (χ1n) is 5.85. The first-order chi connectivity index (χ1) is 8.74. The third kappa shape index (κ3) is 5.49. The molecule has 1 amide bonds. The quantitative estimate of drug-likeness (QED) is 0.676. The van der Waals surface area contributed by atoms with Gasteiger partial charge in [-0.2, -0.15) is 0 Å². The number of nitrogens with one attached hydrogen (secondary N) is 1. The molecule has 0 saturated heterocycles. The number of ether oxygens (including phenoxy) is 2. The van der Waals surface area contributed by atoms with Crippen molar-refractivity contribution in [1.82, 2.24) is 10.3 Å². The minimum Gasteiger partial charge on any atom is -0.495 e. The molecular formula is C12H19N3O3. The lowest BCUT2D eigenvalue weighted by Gasteiger charge is -2.08. The Bertz CT molecular complexity index is 371. The number of rotatable bonds is 8. The average molecular weight is 253 g/mol. The number of pyridine rings is 1. The predicted molar refractivity (Wildman–Crippen MR) is 67.3 cm³/mol. The van der Waals surface area contributed by atoms with Crippen molar-refractivity contribution >= 4 is 6.09 Å². The molecule has 100 valence electrons. The molecule has 0 aliphatic carbocycles. The van der Waals surface area contributed by atoms with Crippen molar-refractivity contribution in [3.63, 3.8) is 0 Å². The smallest absolute Gasteiger partial charge is 0.404 e. The van der Waals surface area contributed by atoms with Gasteiger partial charge in [-0.25, -0.2) is 4.79 Å². The van der Waals surface area contributed by atoms with Gasteiger partial charge in [0.05, 0.1) is 19.4 Å². The van der Waals surface area contributed by atoms with Gasteiger partial charge in [-0.3, -0.25) is 4.98 Å². The van der Waals surface area contributed by atoms with E-state index in [1.807, 2.05) is 12.1 Å². The Hall–Kier alpha value is -1.82. The van der Waals surface area contributed by atoms with E-state index in [1.165, 1.54) is 0 Å². The van der Waals surface area contributed by atoms with Crippen molar-refractivity contribution < 1.29 is 14.3 Å². The molecule has 1 aromatic rings. The zero-order chi connectivity index (χ0) is 13.2. The lowest BCUT2D eigenvalue weighted by molar-refractivity contribution is 0.154. The summed E-state index contributed by atoms with van der Waals surface area (Å²) >= 11 is 0. The fraction of sp³-hybridized carbons (Fsp3) is 0.500. The molecule has 0 spiro atoms. The first kappa shape index (κ1) is 14.2. The van der Waals surface area contributed by atoms with Gasteiger partial charge in [0.2, 0.25) is 0 Å². The summed E-state index contributed by atoms with van der Waals surface area (Å²) in [6.45, 7) is 1.84. The van der Waals surface area contributed by atoms with Crippen LogP contribution in [0.3, 0.4) is 0 Å². The highest BCUT2D eigenvalue weighted by Gasteiger charge is 2.02. The highest BCUT2D eigenvalue weighted by molar-refractivity contribution is 5.64. The molecule has 18 heavy (non-hydrogen) atoms. The van der Waals surface area contributed by atoms with E-state index < -0.39 is 6.09 Å². The van der Waals surface area contributed by atoms with Crippen LogP contribution < -0.4 is 15.8 Å². The third-order valence-electron chi connectivity index (χ3n) is 2.35. The number of amides is 1. The second kappa shape index (κ2) is 8.30. The fourth-order valence-electron chi connectivity index (χ4n) is 1.47. The summed E-state index contributed by atoms with van der Waals surface area (Å²) < 4.78 is 9.82. The van der Waals surface area contributed by atoms with Crippen LogP contribution in [0.5, 0.6) is 5.75 Å². The molecule has 1 heterocycles. The maximum absolute atomic E-state index is 10.3. The number of nitrogens with two attached hydrogens (primary N) is 1. The van der Waals surface area contributed by atoms with Crippen LogP contribution >= 0.6 is 0 Å². The fourth-order valence-corrected chi connectivity index (χ4v) is 1.47. The molecule has 0 atom stereocenters. The summed E-state index contributed by atoms with van der Waals surface area (Å²) in [5.74, 6) is 0.780. The van der Waals surface area contributed by atoms with E-state index in [2.05, 4.69) is 15.0 Å². The normalized spacial score (nSPS) is 10.1. The predicted octanol–water partition coefficient (Wildman–Crippen LogP) is 1.06. The minimum absolute atomic E-state index is 0.365. The molecule has 0 aliphatic rings. The van der Waals surface area contributed by atoms with Crippen molar-refractivity contribution in [3.8, 4) is 5.75 Å². The summed E-state index contributed by atoms with van der Waals surface area (Å²) in [7, 11) is 1.63. The van der Waals surface area contributed by atoms with Gasteiger partial charge in [0.25, 0.3) is 0 Å². The van der Waals surface area contributed by atoms with Gasteiger partial charge < -0.3 is 20.5 Å². The van der Waals surface area contributed by atoms with Crippen LogP contribution in [0, 0.1) is 0 Å². The van der Waals surface area contributed by atoms with E-state index in [0.717, 1.165) is 30.8 Å². The van der Waals surface area contributed by atoms with Crippen molar-refractivity contribution in [3.05, 3.63) is 24.0 Å². The summed E-state index contributed by atoms with van der Waals surface area (Å²) in [5, 5.41) is 3.25. The van der Waals surface area contributed by atoms with Gasteiger partial charge in [0, 0.05) is 12.7 Å².